The van der Waals surface area contributed by atoms with E-state index in [2.05, 4.69) is 15.9 Å². The van der Waals surface area contributed by atoms with Gasteiger partial charge in [-0.2, -0.15) is 8.78 Å². The number of nitrogens with one attached hydrogen (secondary N) is 1. The summed E-state index contributed by atoms with van der Waals surface area (Å²) in [7, 11) is 0. The maximum atomic E-state index is 12.6. The van der Waals surface area contributed by atoms with Gasteiger partial charge in [0.2, 0.25) is 0 Å². The number of hydrogen-bond donors (Lipinski definition) is 1. The van der Waals surface area contributed by atoms with Gasteiger partial charge in [0, 0.05) is 9.50 Å². The van der Waals surface area contributed by atoms with Crippen LogP contribution in [0, 0.1) is 0 Å². The van der Waals surface area contributed by atoms with Gasteiger partial charge in [0.25, 0.3) is 0 Å². The van der Waals surface area contributed by atoms with Crippen LogP contribution in [0.1, 0.15) is 0 Å². The summed E-state index contributed by atoms with van der Waals surface area (Å²) in [5.41, 5.74) is -0.0697. The quantitative estimate of drug-likeness (QED) is 0.834. The fraction of sp³-hybridized carbons (Fsp3) is 0.222. The molecule has 0 unspecified atom stereocenters. The Balaban J connectivity index is 2.89. The SMILES string of the molecule is O=C(Nc1ccc(Cl)cc1Br)C(F)(F)C(F)F. The molecular weight excluding hydrogens is 329 g/mol. The second-order valence-corrected chi connectivity index (χ2v) is 4.29. The van der Waals surface area contributed by atoms with Crippen LogP contribution in [-0.2, 0) is 4.79 Å². The molecule has 17 heavy (non-hydrogen) atoms. The van der Waals surface area contributed by atoms with Gasteiger partial charge >= 0.3 is 18.3 Å². The van der Waals surface area contributed by atoms with Crippen LogP contribution in [0.25, 0.3) is 0 Å². The van der Waals surface area contributed by atoms with E-state index in [4.69, 9.17) is 11.6 Å². The summed E-state index contributed by atoms with van der Waals surface area (Å²) in [4.78, 5) is 10.9. The normalized spacial score (nSPS) is 11.7. The number of amides is 1. The van der Waals surface area contributed by atoms with Crippen LogP contribution in [-0.4, -0.2) is 18.3 Å². The molecule has 0 bridgehead atoms. The van der Waals surface area contributed by atoms with E-state index in [-0.39, 0.29) is 10.2 Å². The zero-order valence-electron chi connectivity index (χ0n) is 7.99. The summed E-state index contributed by atoms with van der Waals surface area (Å²) in [5.74, 6) is -6.81. The van der Waals surface area contributed by atoms with Gasteiger partial charge < -0.3 is 5.32 Å². The third-order valence-corrected chi connectivity index (χ3v) is 2.65. The molecule has 0 atom stereocenters. The summed E-state index contributed by atoms with van der Waals surface area (Å²) in [5, 5.41) is 1.99. The highest BCUT2D eigenvalue weighted by atomic mass is 79.9. The average Bonchev–Trinajstić information content (AvgIpc) is 2.21. The Labute approximate surface area is 107 Å². The van der Waals surface area contributed by atoms with Crippen molar-refractivity contribution in [3.05, 3.63) is 27.7 Å². The van der Waals surface area contributed by atoms with Crippen molar-refractivity contribution in [1.29, 1.82) is 0 Å². The van der Waals surface area contributed by atoms with Crippen molar-refractivity contribution in [2.75, 3.05) is 5.32 Å². The summed E-state index contributed by atoms with van der Waals surface area (Å²) in [6, 6.07) is 3.87. The predicted octanol–water partition coefficient (Wildman–Crippen LogP) is 3.94. The molecule has 0 aromatic heterocycles. The van der Waals surface area contributed by atoms with Gasteiger partial charge in [-0.25, -0.2) is 8.78 Å². The molecular formula is C9H5BrClF4NO. The van der Waals surface area contributed by atoms with Gasteiger partial charge in [0.15, 0.2) is 0 Å². The maximum absolute atomic E-state index is 12.6. The van der Waals surface area contributed by atoms with Crippen molar-refractivity contribution in [3.63, 3.8) is 0 Å². The highest BCUT2D eigenvalue weighted by Crippen LogP contribution is 2.29. The first-order valence-corrected chi connectivity index (χ1v) is 5.34. The second-order valence-electron chi connectivity index (χ2n) is 3.00. The summed E-state index contributed by atoms with van der Waals surface area (Å²) < 4.78 is 49.3. The second kappa shape index (κ2) is 5.22. The van der Waals surface area contributed by atoms with Crippen LogP contribution in [0.15, 0.2) is 22.7 Å². The Hall–Kier alpha value is -0.820. The molecule has 0 radical (unpaired) electrons. The first-order valence-electron chi connectivity index (χ1n) is 4.17. The van der Waals surface area contributed by atoms with Crippen molar-refractivity contribution in [2.24, 2.45) is 0 Å². The molecule has 1 rings (SSSR count). The van der Waals surface area contributed by atoms with Crippen molar-refractivity contribution in [1.82, 2.24) is 0 Å². The standard InChI is InChI=1S/C9H5BrClF4NO/c10-5-3-4(11)1-2-6(5)16-8(17)9(14,15)7(12)13/h1-3,7H,(H,16,17). The fourth-order valence-electron chi connectivity index (χ4n) is 0.896. The first kappa shape index (κ1) is 14.2. The van der Waals surface area contributed by atoms with Crippen LogP contribution in [0.4, 0.5) is 23.2 Å². The summed E-state index contributed by atoms with van der Waals surface area (Å²) in [6.45, 7) is 0. The Morgan fingerprint density at radius 2 is 2.00 bits per heavy atom. The molecule has 0 spiro atoms. The van der Waals surface area contributed by atoms with Crippen LogP contribution in [0.5, 0.6) is 0 Å². The summed E-state index contributed by atoms with van der Waals surface area (Å²) >= 11 is 8.53. The topological polar surface area (TPSA) is 29.1 Å². The molecule has 1 aromatic rings. The minimum absolute atomic E-state index is 0.0697. The van der Waals surface area contributed by atoms with E-state index >= 15 is 0 Å². The molecule has 1 amide bonds. The van der Waals surface area contributed by atoms with Gasteiger partial charge in [0.1, 0.15) is 0 Å². The van der Waals surface area contributed by atoms with Crippen LogP contribution < -0.4 is 5.32 Å². The van der Waals surface area contributed by atoms with Crippen LogP contribution >= 0.6 is 27.5 Å². The van der Waals surface area contributed by atoms with E-state index in [0.29, 0.717) is 5.02 Å². The van der Waals surface area contributed by atoms with E-state index in [9.17, 15) is 22.4 Å². The van der Waals surface area contributed by atoms with E-state index in [1.165, 1.54) is 18.2 Å². The number of anilines is 1. The zero-order chi connectivity index (χ0) is 13.2. The molecule has 0 fully saturated rings. The third kappa shape index (κ3) is 3.32. The molecule has 94 valence electrons. The van der Waals surface area contributed by atoms with E-state index in [0.717, 1.165) is 0 Å². The highest BCUT2D eigenvalue weighted by molar-refractivity contribution is 9.10. The zero-order valence-corrected chi connectivity index (χ0v) is 10.3. The van der Waals surface area contributed by atoms with Gasteiger partial charge in [-0.05, 0) is 34.1 Å². The Morgan fingerprint density at radius 1 is 1.41 bits per heavy atom. The third-order valence-electron chi connectivity index (χ3n) is 1.76. The Bertz CT molecular complexity index is 441. The molecule has 0 aliphatic rings. The molecule has 0 saturated carbocycles. The van der Waals surface area contributed by atoms with E-state index in [1.807, 2.05) is 0 Å². The predicted molar refractivity (Wildman–Crippen MR) is 58.7 cm³/mol. The lowest BCUT2D eigenvalue weighted by molar-refractivity contribution is -0.163. The minimum atomic E-state index is -4.74. The Morgan fingerprint density at radius 3 is 2.47 bits per heavy atom. The van der Waals surface area contributed by atoms with Gasteiger partial charge in [-0.1, -0.05) is 11.6 Å². The number of alkyl halides is 4. The lowest BCUT2D eigenvalue weighted by atomic mass is 10.3. The fourth-order valence-corrected chi connectivity index (χ4v) is 1.68. The number of hydrogen-bond acceptors (Lipinski definition) is 1. The number of halogens is 6. The summed E-state index contributed by atoms with van der Waals surface area (Å²) in [6.07, 6.45) is -4.06. The highest BCUT2D eigenvalue weighted by Gasteiger charge is 2.49. The lowest BCUT2D eigenvalue weighted by Gasteiger charge is -2.15. The molecule has 1 N–H and O–H groups in total. The molecule has 0 aliphatic carbocycles. The molecule has 1 aromatic carbocycles. The van der Waals surface area contributed by atoms with E-state index in [1.54, 1.807) is 5.32 Å². The average molecular weight is 334 g/mol. The molecule has 0 aliphatic heterocycles. The monoisotopic (exact) mass is 333 g/mol. The molecule has 8 heteroatoms. The van der Waals surface area contributed by atoms with Crippen molar-refractivity contribution in [2.45, 2.75) is 12.3 Å². The molecule has 0 heterocycles. The largest absolute Gasteiger partial charge is 0.383 e. The number of carbonyl (C=O) groups is 1. The van der Waals surface area contributed by atoms with Gasteiger partial charge in [-0.3, -0.25) is 4.79 Å². The van der Waals surface area contributed by atoms with Crippen molar-refractivity contribution < 1.29 is 22.4 Å². The minimum Gasteiger partial charge on any atom is -0.320 e. The van der Waals surface area contributed by atoms with Gasteiger partial charge in [0.05, 0.1) is 5.69 Å². The maximum Gasteiger partial charge on any atom is 0.383 e. The number of carbonyl (C=O) groups excluding carboxylic acids is 1. The van der Waals surface area contributed by atoms with Gasteiger partial charge in [-0.15, -0.1) is 0 Å². The van der Waals surface area contributed by atoms with Crippen molar-refractivity contribution >= 4 is 39.1 Å². The number of rotatable bonds is 3. The van der Waals surface area contributed by atoms with Crippen LogP contribution in [0.2, 0.25) is 5.02 Å². The molecule has 0 saturated heterocycles. The first-order chi connectivity index (χ1) is 7.75. The lowest BCUT2D eigenvalue weighted by Crippen LogP contribution is -2.41. The Kier molecular flexibility index (Phi) is 4.37. The van der Waals surface area contributed by atoms with Crippen molar-refractivity contribution in [3.8, 4) is 0 Å². The molecule has 2 nitrogen and oxygen atoms in total. The van der Waals surface area contributed by atoms with Crippen LogP contribution in [0.3, 0.4) is 0 Å². The van der Waals surface area contributed by atoms with E-state index < -0.39 is 18.3 Å². The smallest absolute Gasteiger partial charge is 0.320 e. The number of benzene rings is 1.